The Hall–Kier alpha value is -2.11. The molecule has 1 amide bonds. The van der Waals surface area contributed by atoms with Crippen molar-refractivity contribution in [2.75, 3.05) is 5.32 Å². The quantitative estimate of drug-likeness (QED) is 0.506. The molecule has 2 aromatic carbocycles. The number of halogens is 4. The number of phenols is 1. The first-order chi connectivity index (χ1) is 15.3. The van der Waals surface area contributed by atoms with E-state index in [4.69, 9.17) is 11.6 Å². The highest BCUT2D eigenvalue weighted by Crippen LogP contribution is 2.39. The summed E-state index contributed by atoms with van der Waals surface area (Å²) in [6.45, 7) is 10.4. The van der Waals surface area contributed by atoms with Crippen molar-refractivity contribution in [3.05, 3.63) is 46.0 Å². The van der Waals surface area contributed by atoms with Gasteiger partial charge in [-0.2, -0.15) is 13.2 Å². The third kappa shape index (κ3) is 5.41. The van der Waals surface area contributed by atoms with Crippen molar-refractivity contribution < 1.29 is 35.7 Å². The van der Waals surface area contributed by atoms with Crippen LogP contribution in [0.5, 0.6) is 5.75 Å². The molecule has 188 valence electrons. The van der Waals surface area contributed by atoms with Gasteiger partial charge in [0.25, 0.3) is 15.7 Å². The van der Waals surface area contributed by atoms with Gasteiger partial charge in [0, 0.05) is 15.7 Å². The molecule has 12 heteroatoms. The first kappa shape index (κ1) is 28.1. The number of carbonyl (C=O) groups is 1. The summed E-state index contributed by atoms with van der Waals surface area (Å²) in [4.78, 5) is 12.4. The second-order valence-corrected chi connectivity index (χ2v) is 13.2. The summed E-state index contributed by atoms with van der Waals surface area (Å²) in [7, 11) is -7.12. The summed E-state index contributed by atoms with van der Waals surface area (Å²) in [6, 6.07) is 3.77. The van der Waals surface area contributed by atoms with E-state index in [0.717, 1.165) is 6.07 Å². The zero-order chi connectivity index (χ0) is 26.4. The molecule has 0 fully saturated rings. The van der Waals surface area contributed by atoms with E-state index in [9.17, 15) is 35.7 Å². The topological polar surface area (TPSA) is 101 Å². The molecule has 2 aromatic rings. The van der Waals surface area contributed by atoms with Crippen LogP contribution < -0.4 is 5.32 Å². The van der Waals surface area contributed by atoms with Crippen LogP contribution in [0.3, 0.4) is 0 Å². The lowest BCUT2D eigenvalue weighted by atomic mass is 9.84. The van der Waals surface area contributed by atoms with Gasteiger partial charge < -0.3 is 10.4 Å². The molecule has 0 aliphatic rings. The maximum Gasteiger partial charge on any atom is 0.501 e. The van der Waals surface area contributed by atoms with E-state index in [1.165, 1.54) is 6.92 Å². The van der Waals surface area contributed by atoms with Crippen LogP contribution in [0.4, 0.5) is 18.9 Å². The van der Waals surface area contributed by atoms with Crippen LogP contribution in [0.25, 0.3) is 0 Å². The van der Waals surface area contributed by atoms with Gasteiger partial charge in [-0.1, -0.05) is 46.2 Å². The SMILES string of the molecule is Cc1c(S(=O)C(C)C)cc(C(C)(C)C)c(O)c1C(=O)Nc1ccc(S(=O)(=O)C(F)(F)F)cc1Cl. The van der Waals surface area contributed by atoms with Crippen LogP contribution in [0.1, 0.15) is 56.1 Å². The van der Waals surface area contributed by atoms with Crippen molar-refractivity contribution in [2.24, 2.45) is 0 Å². The van der Waals surface area contributed by atoms with E-state index in [2.05, 4.69) is 5.32 Å². The van der Waals surface area contributed by atoms with Crippen molar-refractivity contribution in [1.82, 2.24) is 0 Å². The summed E-state index contributed by atoms with van der Waals surface area (Å²) >= 11 is 5.97. The fourth-order valence-corrected chi connectivity index (χ4v) is 5.36. The third-order valence-electron chi connectivity index (χ3n) is 5.00. The van der Waals surface area contributed by atoms with Crippen LogP contribution in [-0.4, -0.2) is 34.4 Å². The van der Waals surface area contributed by atoms with Gasteiger partial charge in [-0.05, 0) is 42.2 Å². The number of alkyl halides is 3. The lowest BCUT2D eigenvalue weighted by molar-refractivity contribution is -0.0436. The normalized spacial score (nSPS) is 13.7. The number of hydrogen-bond donors (Lipinski definition) is 2. The Balaban J connectivity index is 2.61. The number of aromatic hydroxyl groups is 1. The molecule has 0 aliphatic carbocycles. The van der Waals surface area contributed by atoms with Gasteiger partial charge in [-0.15, -0.1) is 0 Å². The van der Waals surface area contributed by atoms with E-state index >= 15 is 0 Å². The number of rotatable bonds is 5. The lowest BCUT2D eigenvalue weighted by Gasteiger charge is -2.25. The van der Waals surface area contributed by atoms with Crippen LogP contribution >= 0.6 is 11.6 Å². The molecule has 1 unspecified atom stereocenters. The Labute approximate surface area is 203 Å². The summed E-state index contributed by atoms with van der Waals surface area (Å²) in [5.74, 6) is -1.18. The average molecular weight is 540 g/mol. The number of sulfone groups is 1. The number of nitrogens with one attached hydrogen (secondary N) is 1. The van der Waals surface area contributed by atoms with Crippen LogP contribution in [0, 0.1) is 6.92 Å². The van der Waals surface area contributed by atoms with Gasteiger partial charge in [0.1, 0.15) is 5.75 Å². The van der Waals surface area contributed by atoms with Gasteiger partial charge in [0.05, 0.1) is 32.0 Å². The highest BCUT2D eigenvalue weighted by Gasteiger charge is 2.47. The number of hydrogen-bond acceptors (Lipinski definition) is 5. The largest absolute Gasteiger partial charge is 0.507 e. The van der Waals surface area contributed by atoms with Crippen molar-refractivity contribution in [3.8, 4) is 5.75 Å². The zero-order valence-corrected chi connectivity index (χ0v) is 21.7. The minimum Gasteiger partial charge on any atom is -0.507 e. The van der Waals surface area contributed by atoms with Crippen molar-refractivity contribution in [1.29, 1.82) is 0 Å². The molecule has 6 nitrogen and oxygen atoms in total. The second kappa shape index (κ2) is 9.50. The predicted molar refractivity (Wildman–Crippen MR) is 126 cm³/mol. The molecule has 0 aromatic heterocycles. The summed E-state index contributed by atoms with van der Waals surface area (Å²) in [5.41, 5.74) is -5.82. The van der Waals surface area contributed by atoms with E-state index < -0.39 is 47.4 Å². The van der Waals surface area contributed by atoms with E-state index in [1.54, 1.807) is 40.7 Å². The van der Waals surface area contributed by atoms with E-state index in [1.807, 2.05) is 0 Å². The molecule has 0 radical (unpaired) electrons. The van der Waals surface area contributed by atoms with E-state index in [0.29, 0.717) is 22.6 Å². The third-order valence-corrected chi connectivity index (χ3v) is 8.51. The fourth-order valence-electron chi connectivity index (χ4n) is 3.14. The molecule has 0 bridgehead atoms. The second-order valence-electron chi connectivity index (χ2n) is 8.91. The lowest BCUT2D eigenvalue weighted by Crippen LogP contribution is -2.23. The van der Waals surface area contributed by atoms with Gasteiger partial charge >= 0.3 is 5.51 Å². The van der Waals surface area contributed by atoms with Crippen LogP contribution in [0.2, 0.25) is 5.02 Å². The standard InChI is InChI=1S/C22H25ClF3NO5S2/c1-11(2)33(30)17-10-14(21(4,5)6)19(28)18(12(17)3)20(29)27-16-8-7-13(9-15(16)23)34(31,32)22(24,25)26/h7-11,28H,1-6H3,(H,27,29). The zero-order valence-electron chi connectivity index (χ0n) is 19.3. The average Bonchev–Trinajstić information content (AvgIpc) is 2.67. The van der Waals surface area contributed by atoms with Gasteiger partial charge in [-0.25, -0.2) is 8.42 Å². The molecule has 34 heavy (non-hydrogen) atoms. The maximum absolute atomic E-state index is 13.1. The first-order valence-electron chi connectivity index (χ1n) is 10.0. The van der Waals surface area contributed by atoms with Crippen molar-refractivity contribution in [3.63, 3.8) is 0 Å². The number of benzene rings is 2. The fraction of sp³-hybridized carbons (Fsp3) is 0.409. The Kier molecular flexibility index (Phi) is 7.86. The monoisotopic (exact) mass is 539 g/mol. The minimum absolute atomic E-state index is 0.167. The minimum atomic E-state index is -5.63. The molecule has 0 heterocycles. The first-order valence-corrected chi connectivity index (χ1v) is 13.1. The van der Waals surface area contributed by atoms with Crippen LogP contribution in [0.15, 0.2) is 34.1 Å². The van der Waals surface area contributed by atoms with Crippen LogP contribution in [-0.2, 0) is 26.1 Å². The highest BCUT2D eigenvalue weighted by molar-refractivity contribution is 7.92. The predicted octanol–water partition coefficient (Wildman–Crippen LogP) is 5.71. The van der Waals surface area contributed by atoms with Gasteiger partial charge in [-0.3, -0.25) is 9.00 Å². The number of amides is 1. The maximum atomic E-state index is 13.1. The summed E-state index contributed by atoms with van der Waals surface area (Å²) < 4.78 is 74.5. The van der Waals surface area contributed by atoms with Gasteiger partial charge in [0.2, 0.25) is 0 Å². The molecular formula is C22H25ClF3NO5S2. The Morgan fingerprint density at radius 3 is 2.15 bits per heavy atom. The van der Waals surface area contributed by atoms with Crippen molar-refractivity contribution in [2.45, 2.75) is 67.5 Å². The summed E-state index contributed by atoms with van der Waals surface area (Å²) in [6.07, 6.45) is 0. The molecular weight excluding hydrogens is 515 g/mol. The molecule has 0 saturated heterocycles. The smallest absolute Gasteiger partial charge is 0.501 e. The Bertz CT molecular complexity index is 1270. The molecule has 0 spiro atoms. The number of anilines is 1. The molecule has 2 N–H and O–H groups in total. The highest BCUT2D eigenvalue weighted by atomic mass is 35.5. The van der Waals surface area contributed by atoms with Gasteiger partial charge in [0.15, 0.2) is 0 Å². The number of phenolic OH excluding ortho intramolecular Hbond substituents is 1. The summed E-state index contributed by atoms with van der Waals surface area (Å²) in [5, 5.41) is 12.6. The molecule has 0 aliphatic heterocycles. The Morgan fingerprint density at radius 1 is 1.15 bits per heavy atom. The number of carbonyl (C=O) groups excluding carboxylic acids is 1. The molecule has 2 rings (SSSR count). The van der Waals surface area contributed by atoms with Crippen molar-refractivity contribution >= 4 is 43.8 Å². The molecule has 1 atom stereocenters. The van der Waals surface area contributed by atoms with E-state index in [-0.39, 0.29) is 27.8 Å². The Morgan fingerprint density at radius 2 is 1.71 bits per heavy atom. The molecule has 0 saturated carbocycles.